The number of nitrogens with one attached hydrogen (secondary N) is 1. The van der Waals surface area contributed by atoms with Gasteiger partial charge in [0.2, 0.25) is 5.91 Å². The lowest BCUT2D eigenvalue weighted by molar-refractivity contribution is -0.139. The van der Waals surface area contributed by atoms with Gasteiger partial charge < -0.3 is 11.1 Å². The molecule has 1 aliphatic heterocycles. The molecule has 0 aromatic rings. The quantitative estimate of drug-likeness (QED) is 0.811. The zero-order chi connectivity index (χ0) is 14.0. The van der Waals surface area contributed by atoms with E-state index in [0.29, 0.717) is 12.0 Å². The number of nitrogens with zero attached hydrogens (tertiary/aromatic N) is 1. The zero-order valence-corrected chi connectivity index (χ0v) is 12.6. The minimum absolute atomic E-state index is 0.160. The minimum Gasteiger partial charge on any atom is -0.353 e. The molecule has 0 radical (unpaired) electrons. The van der Waals surface area contributed by atoms with Gasteiger partial charge in [0.15, 0.2) is 0 Å². The van der Waals surface area contributed by atoms with Gasteiger partial charge in [-0.3, -0.25) is 9.69 Å². The molecule has 0 bridgehead atoms. The van der Waals surface area contributed by atoms with E-state index in [4.69, 9.17) is 5.73 Å². The number of carbonyl (C=O) groups is 1. The molecule has 1 aliphatic carbocycles. The summed E-state index contributed by atoms with van der Waals surface area (Å²) in [6.45, 7) is 8.84. The number of piperazine rings is 1. The van der Waals surface area contributed by atoms with Crippen molar-refractivity contribution < 1.29 is 4.79 Å². The molecule has 0 spiro atoms. The van der Waals surface area contributed by atoms with Crippen LogP contribution >= 0.6 is 0 Å². The maximum Gasteiger partial charge on any atom is 0.240 e. The van der Waals surface area contributed by atoms with Gasteiger partial charge in [-0.1, -0.05) is 19.8 Å². The molecule has 4 heteroatoms. The second-order valence-electron chi connectivity index (χ2n) is 6.66. The third-order valence-electron chi connectivity index (χ3n) is 5.26. The lowest BCUT2D eigenvalue weighted by Crippen LogP contribution is -2.66. The fourth-order valence-corrected chi connectivity index (χ4v) is 3.82. The van der Waals surface area contributed by atoms with Crippen molar-refractivity contribution in [1.29, 1.82) is 0 Å². The standard InChI is InChI=1S/C15H29N3O/c1-4-11-5-6-12(10-16)13(9-11)18-8-7-17-14(19)15(18,2)3/h11-13H,4-10,16H2,1-3H3,(H,17,19). The van der Waals surface area contributed by atoms with E-state index in [9.17, 15) is 4.79 Å². The van der Waals surface area contributed by atoms with Crippen molar-refractivity contribution in [3.05, 3.63) is 0 Å². The van der Waals surface area contributed by atoms with Crippen LogP contribution in [-0.2, 0) is 4.79 Å². The van der Waals surface area contributed by atoms with Gasteiger partial charge in [-0.15, -0.1) is 0 Å². The fraction of sp³-hybridized carbons (Fsp3) is 0.933. The molecule has 1 saturated heterocycles. The topological polar surface area (TPSA) is 58.4 Å². The lowest BCUT2D eigenvalue weighted by atomic mass is 9.75. The van der Waals surface area contributed by atoms with Gasteiger partial charge in [-0.05, 0) is 45.1 Å². The van der Waals surface area contributed by atoms with Gasteiger partial charge in [0.05, 0.1) is 5.54 Å². The molecule has 19 heavy (non-hydrogen) atoms. The number of rotatable bonds is 3. The molecule has 2 fully saturated rings. The summed E-state index contributed by atoms with van der Waals surface area (Å²) in [6, 6.07) is 0.477. The first-order valence-corrected chi connectivity index (χ1v) is 7.75. The van der Waals surface area contributed by atoms with E-state index in [2.05, 4.69) is 17.1 Å². The van der Waals surface area contributed by atoms with Crippen molar-refractivity contribution in [2.45, 2.75) is 58.0 Å². The Balaban J connectivity index is 2.18. The first-order chi connectivity index (χ1) is 9.00. The molecule has 3 N–H and O–H groups in total. The molecule has 110 valence electrons. The first-order valence-electron chi connectivity index (χ1n) is 7.75. The zero-order valence-electron chi connectivity index (χ0n) is 12.6. The third kappa shape index (κ3) is 2.79. The van der Waals surface area contributed by atoms with E-state index < -0.39 is 5.54 Å². The molecule has 0 aromatic heterocycles. The predicted molar refractivity (Wildman–Crippen MR) is 77.8 cm³/mol. The summed E-state index contributed by atoms with van der Waals surface area (Å²) < 4.78 is 0. The average molecular weight is 267 g/mol. The number of carbonyl (C=O) groups excluding carboxylic acids is 1. The Hall–Kier alpha value is -0.610. The fourth-order valence-electron chi connectivity index (χ4n) is 3.82. The van der Waals surface area contributed by atoms with Crippen LogP contribution in [0.15, 0.2) is 0 Å². The highest BCUT2D eigenvalue weighted by atomic mass is 16.2. The second-order valence-corrected chi connectivity index (χ2v) is 6.66. The summed E-state index contributed by atoms with van der Waals surface area (Å²) in [5.74, 6) is 1.51. The SMILES string of the molecule is CCC1CCC(CN)C(N2CCNC(=O)C2(C)C)C1. The highest BCUT2D eigenvalue weighted by Crippen LogP contribution is 2.37. The van der Waals surface area contributed by atoms with Crippen molar-refractivity contribution in [3.8, 4) is 0 Å². The van der Waals surface area contributed by atoms with Crippen molar-refractivity contribution in [2.24, 2.45) is 17.6 Å². The molecular formula is C15H29N3O. The van der Waals surface area contributed by atoms with Crippen LogP contribution in [0, 0.1) is 11.8 Å². The number of hydrogen-bond acceptors (Lipinski definition) is 3. The summed E-state index contributed by atoms with van der Waals surface area (Å²) in [6.07, 6.45) is 4.96. The lowest BCUT2D eigenvalue weighted by Gasteiger charge is -2.50. The molecule has 1 amide bonds. The molecule has 2 rings (SSSR count). The van der Waals surface area contributed by atoms with Gasteiger partial charge in [0.1, 0.15) is 0 Å². The first kappa shape index (κ1) is 14.8. The smallest absolute Gasteiger partial charge is 0.240 e. The number of nitrogens with two attached hydrogens (primary N) is 1. The molecule has 4 nitrogen and oxygen atoms in total. The van der Waals surface area contributed by atoms with Crippen LogP contribution in [0.5, 0.6) is 0 Å². The maximum absolute atomic E-state index is 12.1. The van der Waals surface area contributed by atoms with Crippen LogP contribution < -0.4 is 11.1 Å². The van der Waals surface area contributed by atoms with Crippen LogP contribution in [0.1, 0.15) is 46.5 Å². The van der Waals surface area contributed by atoms with Gasteiger partial charge in [-0.2, -0.15) is 0 Å². The molecule has 1 saturated carbocycles. The van der Waals surface area contributed by atoms with Crippen LogP contribution in [0.4, 0.5) is 0 Å². The Bertz CT molecular complexity index is 329. The monoisotopic (exact) mass is 267 g/mol. The predicted octanol–water partition coefficient (Wildman–Crippen LogP) is 1.35. The molecule has 3 atom stereocenters. The summed E-state index contributed by atoms with van der Waals surface area (Å²) in [7, 11) is 0. The highest BCUT2D eigenvalue weighted by Gasteiger charge is 2.44. The molecule has 2 aliphatic rings. The van der Waals surface area contributed by atoms with E-state index in [1.807, 2.05) is 13.8 Å². The molecule has 1 heterocycles. The third-order valence-corrected chi connectivity index (χ3v) is 5.26. The number of hydrogen-bond donors (Lipinski definition) is 2. The van der Waals surface area contributed by atoms with Crippen molar-refractivity contribution in [2.75, 3.05) is 19.6 Å². The van der Waals surface area contributed by atoms with E-state index >= 15 is 0 Å². The molecular weight excluding hydrogens is 238 g/mol. The van der Waals surface area contributed by atoms with Crippen molar-refractivity contribution in [1.82, 2.24) is 10.2 Å². The van der Waals surface area contributed by atoms with E-state index in [0.717, 1.165) is 25.6 Å². The average Bonchev–Trinajstić information content (AvgIpc) is 2.41. The molecule has 0 aromatic carbocycles. The summed E-state index contributed by atoms with van der Waals surface area (Å²) in [4.78, 5) is 14.6. The van der Waals surface area contributed by atoms with Crippen LogP contribution in [0.2, 0.25) is 0 Å². The van der Waals surface area contributed by atoms with Gasteiger partial charge in [0, 0.05) is 19.1 Å². The van der Waals surface area contributed by atoms with Crippen LogP contribution in [0.25, 0.3) is 0 Å². The van der Waals surface area contributed by atoms with E-state index in [1.54, 1.807) is 0 Å². The molecule has 3 unspecified atom stereocenters. The van der Waals surface area contributed by atoms with E-state index in [1.165, 1.54) is 25.7 Å². The second kappa shape index (κ2) is 5.80. The Labute approximate surface area is 117 Å². The number of amides is 1. The normalized spacial score (nSPS) is 36.0. The largest absolute Gasteiger partial charge is 0.353 e. The maximum atomic E-state index is 12.1. The summed E-state index contributed by atoms with van der Waals surface area (Å²) >= 11 is 0. The van der Waals surface area contributed by atoms with Crippen LogP contribution in [-0.4, -0.2) is 42.0 Å². The van der Waals surface area contributed by atoms with Crippen LogP contribution in [0.3, 0.4) is 0 Å². The summed E-state index contributed by atoms with van der Waals surface area (Å²) in [5.41, 5.74) is 5.59. The highest BCUT2D eigenvalue weighted by molar-refractivity contribution is 5.86. The summed E-state index contributed by atoms with van der Waals surface area (Å²) in [5, 5.41) is 2.99. The minimum atomic E-state index is -0.397. The Kier molecular flexibility index (Phi) is 4.51. The van der Waals surface area contributed by atoms with Gasteiger partial charge in [-0.25, -0.2) is 0 Å². The Morgan fingerprint density at radius 2 is 2.16 bits per heavy atom. The van der Waals surface area contributed by atoms with E-state index in [-0.39, 0.29) is 5.91 Å². The van der Waals surface area contributed by atoms with Crippen molar-refractivity contribution >= 4 is 5.91 Å². The van der Waals surface area contributed by atoms with Crippen molar-refractivity contribution in [3.63, 3.8) is 0 Å². The Morgan fingerprint density at radius 3 is 2.79 bits per heavy atom. The Morgan fingerprint density at radius 1 is 1.42 bits per heavy atom. The van der Waals surface area contributed by atoms with Gasteiger partial charge in [0.25, 0.3) is 0 Å². The van der Waals surface area contributed by atoms with Gasteiger partial charge >= 0.3 is 0 Å².